The fraction of sp³-hybridized carbons (Fsp3) is 0.250. The number of rotatable bonds is 4. The van der Waals surface area contributed by atoms with Gasteiger partial charge in [0, 0.05) is 35.7 Å². The Hall–Kier alpha value is -3.00. The van der Waals surface area contributed by atoms with Gasteiger partial charge in [-0.1, -0.05) is 30.8 Å². The van der Waals surface area contributed by atoms with Gasteiger partial charge in [-0.3, -0.25) is 19.6 Å². The molecule has 3 heterocycles. The van der Waals surface area contributed by atoms with E-state index >= 15 is 0 Å². The molecule has 1 unspecified atom stereocenters. The summed E-state index contributed by atoms with van der Waals surface area (Å²) in [4.78, 5) is 34.3. The van der Waals surface area contributed by atoms with Crippen molar-refractivity contribution in [3.63, 3.8) is 0 Å². The maximum absolute atomic E-state index is 13.0. The van der Waals surface area contributed by atoms with Crippen LogP contribution in [0.5, 0.6) is 0 Å². The normalized spacial score (nSPS) is 15.1. The number of amides is 1. The summed E-state index contributed by atoms with van der Waals surface area (Å²) in [6.07, 6.45) is 3.75. The van der Waals surface area contributed by atoms with Crippen LogP contribution >= 0.6 is 11.8 Å². The van der Waals surface area contributed by atoms with Crippen molar-refractivity contribution in [3.8, 4) is 11.3 Å². The predicted octanol–water partition coefficient (Wildman–Crippen LogP) is 2.53. The maximum atomic E-state index is 13.0. The molecule has 0 bridgehead atoms. The highest BCUT2D eigenvalue weighted by Gasteiger charge is 2.44. The largest absolute Gasteiger partial charge is 0.325 e. The van der Waals surface area contributed by atoms with E-state index in [1.54, 1.807) is 22.0 Å². The fourth-order valence-corrected chi connectivity index (χ4v) is 4.12. The van der Waals surface area contributed by atoms with Crippen molar-refractivity contribution in [1.29, 1.82) is 0 Å². The van der Waals surface area contributed by atoms with Crippen molar-refractivity contribution in [3.05, 3.63) is 64.7 Å². The van der Waals surface area contributed by atoms with Gasteiger partial charge >= 0.3 is 11.3 Å². The van der Waals surface area contributed by atoms with Crippen LogP contribution in [-0.4, -0.2) is 26.7 Å². The molecule has 8 heteroatoms. The first-order valence-corrected chi connectivity index (χ1v) is 10.1. The lowest BCUT2D eigenvalue weighted by atomic mass is 10.0. The van der Waals surface area contributed by atoms with Gasteiger partial charge in [0.05, 0.1) is 11.3 Å². The van der Waals surface area contributed by atoms with Gasteiger partial charge in [-0.2, -0.15) is 0 Å². The minimum atomic E-state index is -0.561. The Labute approximate surface area is 166 Å². The van der Waals surface area contributed by atoms with Crippen LogP contribution in [-0.2, 0) is 4.79 Å². The van der Waals surface area contributed by atoms with Crippen LogP contribution in [0.4, 0.5) is 5.69 Å². The van der Waals surface area contributed by atoms with E-state index < -0.39 is 6.17 Å². The Morgan fingerprint density at radius 3 is 2.71 bits per heavy atom. The number of H-pyrrole nitrogens is 1. The van der Waals surface area contributed by atoms with Crippen molar-refractivity contribution in [2.24, 2.45) is 0 Å². The van der Waals surface area contributed by atoms with Crippen LogP contribution in [0.1, 0.15) is 32.0 Å². The number of nitrogens with zero attached hydrogens (tertiary/aromatic N) is 4. The van der Waals surface area contributed by atoms with Crippen molar-refractivity contribution >= 4 is 23.4 Å². The fourth-order valence-electron chi connectivity index (χ4n) is 3.41. The standard InChI is InChI=1S/C20H19N5O2S/c1-3-12-28-20-22-18(27)17-15-6-4-5-7-16(15)24(13(2)26)19(25(17)23-20)14-8-10-21-11-9-14/h4-11,19H,3,12H2,1-2H3/p+1. The van der Waals surface area contributed by atoms with Gasteiger partial charge in [0.1, 0.15) is 0 Å². The van der Waals surface area contributed by atoms with Crippen molar-refractivity contribution in [2.45, 2.75) is 31.6 Å². The van der Waals surface area contributed by atoms with E-state index in [4.69, 9.17) is 5.10 Å². The molecule has 0 saturated heterocycles. The monoisotopic (exact) mass is 394 g/mol. The molecule has 28 heavy (non-hydrogen) atoms. The summed E-state index contributed by atoms with van der Waals surface area (Å²) in [5, 5.41) is 5.25. The smallest absolute Gasteiger partial charge is 0.291 e. The highest BCUT2D eigenvalue weighted by Crippen LogP contribution is 2.36. The zero-order valence-corrected chi connectivity index (χ0v) is 16.4. The summed E-state index contributed by atoms with van der Waals surface area (Å²) in [7, 11) is 0. The molecular formula is C20H20N5O2S+. The maximum Gasteiger partial charge on any atom is 0.325 e. The van der Waals surface area contributed by atoms with E-state index in [-0.39, 0.29) is 11.5 Å². The summed E-state index contributed by atoms with van der Waals surface area (Å²) in [6.45, 7) is 3.60. The number of para-hydroxylation sites is 1. The third-order valence-corrected chi connectivity index (χ3v) is 5.61. The van der Waals surface area contributed by atoms with Crippen LogP contribution in [0.15, 0.2) is 58.7 Å². The molecule has 1 N–H and O–H groups in total. The van der Waals surface area contributed by atoms with Gasteiger partial charge in [-0.15, -0.1) is 0 Å². The number of pyridine rings is 1. The van der Waals surface area contributed by atoms with Gasteiger partial charge in [0.2, 0.25) is 11.1 Å². The summed E-state index contributed by atoms with van der Waals surface area (Å²) >= 11 is 1.49. The predicted molar refractivity (Wildman–Crippen MR) is 107 cm³/mol. The van der Waals surface area contributed by atoms with Gasteiger partial charge in [-0.05, 0) is 35.4 Å². The van der Waals surface area contributed by atoms with E-state index in [9.17, 15) is 9.59 Å². The average molecular weight is 394 g/mol. The van der Waals surface area contributed by atoms with Gasteiger partial charge in [-0.25, -0.2) is 4.90 Å². The van der Waals surface area contributed by atoms with Crippen LogP contribution in [0.3, 0.4) is 0 Å². The second-order valence-electron chi connectivity index (χ2n) is 6.46. The minimum absolute atomic E-state index is 0.128. The molecule has 0 fully saturated rings. The Balaban J connectivity index is 2.02. The van der Waals surface area contributed by atoms with Crippen LogP contribution in [0.2, 0.25) is 0 Å². The van der Waals surface area contributed by atoms with Crippen molar-refractivity contribution in [1.82, 2.24) is 15.1 Å². The molecule has 0 spiro atoms. The zero-order valence-electron chi connectivity index (χ0n) is 15.6. The lowest BCUT2D eigenvalue weighted by Gasteiger charge is -2.31. The van der Waals surface area contributed by atoms with E-state index in [1.807, 2.05) is 36.4 Å². The molecule has 0 radical (unpaired) electrons. The molecule has 1 atom stereocenters. The van der Waals surface area contributed by atoms with E-state index in [0.29, 0.717) is 22.1 Å². The molecule has 1 aliphatic rings. The Bertz CT molecular complexity index is 1080. The van der Waals surface area contributed by atoms with Crippen LogP contribution in [0, 0.1) is 0 Å². The number of aromatic amines is 1. The number of hydrogen-bond donors (Lipinski definition) is 1. The van der Waals surface area contributed by atoms with Gasteiger partial charge in [0.15, 0.2) is 0 Å². The number of carbonyl (C=O) groups is 1. The molecule has 3 aromatic rings. The molecule has 0 aliphatic carbocycles. The molecule has 1 aromatic carbocycles. The third-order valence-electron chi connectivity index (χ3n) is 4.54. The second-order valence-corrected chi connectivity index (χ2v) is 7.54. The number of carbonyl (C=O) groups excluding carboxylic acids is 1. The summed E-state index contributed by atoms with van der Waals surface area (Å²) < 4.78 is 1.66. The summed E-state index contributed by atoms with van der Waals surface area (Å²) in [5.41, 5.74) is 2.43. The highest BCUT2D eigenvalue weighted by molar-refractivity contribution is 7.99. The number of hydrogen-bond acceptors (Lipinski definition) is 5. The first kappa shape index (κ1) is 18.4. The van der Waals surface area contributed by atoms with Crippen molar-refractivity contribution < 1.29 is 9.48 Å². The second kappa shape index (κ2) is 7.55. The first-order chi connectivity index (χ1) is 13.6. The average Bonchev–Trinajstić information content (AvgIpc) is 2.71. The molecule has 1 amide bonds. The van der Waals surface area contributed by atoms with E-state index in [0.717, 1.165) is 17.7 Å². The molecule has 0 saturated carbocycles. The SMILES string of the molecule is CCCSc1n[n+]2c(c(=O)[nH]1)-c1ccccc1N(C(C)=O)C2c1ccncc1. The molecule has 7 nitrogen and oxygen atoms in total. The Morgan fingerprint density at radius 2 is 2.00 bits per heavy atom. The Morgan fingerprint density at radius 1 is 1.25 bits per heavy atom. The Kier molecular flexibility index (Phi) is 4.95. The number of fused-ring (bicyclic) bond motifs is 3. The van der Waals surface area contributed by atoms with Crippen LogP contribution in [0.25, 0.3) is 11.3 Å². The molecule has 2 aromatic heterocycles. The van der Waals surface area contributed by atoms with E-state index in [2.05, 4.69) is 16.9 Å². The van der Waals surface area contributed by atoms with Gasteiger partial charge in [0.25, 0.3) is 6.17 Å². The third kappa shape index (κ3) is 3.09. The number of anilines is 1. The van der Waals surface area contributed by atoms with Crippen LogP contribution < -0.4 is 15.1 Å². The van der Waals surface area contributed by atoms with Gasteiger partial charge < -0.3 is 0 Å². The molecule has 1 aliphatic heterocycles. The highest BCUT2D eigenvalue weighted by atomic mass is 32.2. The van der Waals surface area contributed by atoms with Crippen molar-refractivity contribution in [2.75, 3.05) is 10.7 Å². The number of benzene rings is 1. The molecule has 4 rings (SSSR count). The number of nitrogens with one attached hydrogen (secondary N) is 1. The topological polar surface area (TPSA) is 82.8 Å². The zero-order chi connectivity index (χ0) is 19.7. The lowest BCUT2D eigenvalue weighted by Crippen LogP contribution is -2.60. The van der Waals surface area contributed by atoms with E-state index in [1.165, 1.54) is 18.7 Å². The minimum Gasteiger partial charge on any atom is -0.291 e. The molecular weight excluding hydrogens is 374 g/mol. The summed E-state index contributed by atoms with van der Waals surface area (Å²) in [6, 6.07) is 11.1. The number of thioether (sulfide) groups is 1. The number of aromatic nitrogens is 4. The quantitative estimate of drug-likeness (QED) is 0.543. The summed E-state index contributed by atoms with van der Waals surface area (Å²) in [5.74, 6) is 0.715. The lowest BCUT2D eigenvalue weighted by molar-refractivity contribution is -0.763. The molecule has 142 valence electrons. The first-order valence-electron chi connectivity index (χ1n) is 9.10.